The van der Waals surface area contributed by atoms with Gasteiger partial charge in [0.05, 0.1) is 7.11 Å². The summed E-state index contributed by atoms with van der Waals surface area (Å²) in [6, 6.07) is 0.349. The van der Waals surface area contributed by atoms with Crippen molar-refractivity contribution >= 4 is 17.7 Å². The van der Waals surface area contributed by atoms with Crippen molar-refractivity contribution in [3.05, 3.63) is 0 Å². The van der Waals surface area contributed by atoms with Crippen molar-refractivity contribution in [3.8, 4) is 0 Å². The Morgan fingerprint density at radius 3 is 2.81 bits per heavy atom. The van der Waals surface area contributed by atoms with Gasteiger partial charge in [0.15, 0.2) is 0 Å². The lowest BCUT2D eigenvalue weighted by atomic mass is 10.1. The Morgan fingerprint density at radius 1 is 1.50 bits per heavy atom. The van der Waals surface area contributed by atoms with Gasteiger partial charge in [-0.2, -0.15) is 11.8 Å². The van der Waals surface area contributed by atoms with Crippen LogP contribution in [0.15, 0.2) is 0 Å². The third-order valence-corrected chi connectivity index (χ3v) is 4.47. The van der Waals surface area contributed by atoms with Crippen LogP contribution in [0.1, 0.15) is 39.5 Å². The van der Waals surface area contributed by atoms with Crippen molar-refractivity contribution in [2.24, 2.45) is 0 Å². The van der Waals surface area contributed by atoms with Gasteiger partial charge in [-0.25, -0.2) is 0 Å². The molecule has 0 aliphatic heterocycles. The second kappa shape index (κ2) is 7.17. The van der Waals surface area contributed by atoms with Crippen LogP contribution < -0.4 is 5.32 Å². The van der Waals surface area contributed by atoms with Gasteiger partial charge in [-0.15, -0.1) is 0 Å². The molecular weight excluding hydrogens is 222 g/mol. The monoisotopic (exact) mass is 245 g/mol. The molecule has 1 fully saturated rings. The van der Waals surface area contributed by atoms with Crippen LogP contribution in [0.2, 0.25) is 0 Å². The number of nitrogens with one attached hydrogen (secondary N) is 1. The predicted molar refractivity (Wildman–Crippen MR) is 68.8 cm³/mol. The molecule has 16 heavy (non-hydrogen) atoms. The highest BCUT2D eigenvalue weighted by Crippen LogP contribution is 2.30. The van der Waals surface area contributed by atoms with Crippen LogP contribution in [0.25, 0.3) is 0 Å². The molecule has 0 aromatic heterocycles. The van der Waals surface area contributed by atoms with E-state index in [4.69, 9.17) is 4.74 Å². The van der Waals surface area contributed by atoms with E-state index in [0.717, 1.165) is 12.2 Å². The molecule has 0 amide bonds. The van der Waals surface area contributed by atoms with Crippen LogP contribution in [-0.2, 0) is 9.53 Å². The van der Waals surface area contributed by atoms with Crippen molar-refractivity contribution in [1.29, 1.82) is 0 Å². The van der Waals surface area contributed by atoms with Crippen molar-refractivity contribution in [1.82, 2.24) is 5.32 Å². The minimum absolute atomic E-state index is 0.130. The zero-order valence-electron chi connectivity index (χ0n) is 10.5. The first-order valence-corrected chi connectivity index (χ1v) is 7.23. The second-order valence-electron chi connectivity index (χ2n) is 4.18. The molecule has 4 heteroatoms. The van der Waals surface area contributed by atoms with E-state index in [0.29, 0.717) is 11.3 Å². The summed E-state index contributed by atoms with van der Waals surface area (Å²) in [5, 5.41) is 4.13. The maximum absolute atomic E-state index is 11.5. The predicted octanol–water partition coefficient (Wildman–Crippen LogP) is 2.20. The molecule has 3 unspecified atom stereocenters. The van der Waals surface area contributed by atoms with Crippen molar-refractivity contribution < 1.29 is 9.53 Å². The van der Waals surface area contributed by atoms with E-state index >= 15 is 0 Å². The molecule has 0 saturated heterocycles. The number of carbonyl (C=O) groups is 1. The Bertz CT molecular complexity index is 223. The minimum atomic E-state index is -0.131. The number of carbonyl (C=O) groups excluding carboxylic acids is 1. The van der Waals surface area contributed by atoms with Gasteiger partial charge in [0, 0.05) is 11.3 Å². The largest absolute Gasteiger partial charge is 0.468 e. The molecule has 0 aromatic rings. The third kappa shape index (κ3) is 3.67. The highest BCUT2D eigenvalue weighted by molar-refractivity contribution is 7.99. The van der Waals surface area contributed by atoms with E-state index in [2.05, 4.69) is 12.2 Å². The van der Waals surface area contributed by atoms with Gasteiger partial charge in [0.1, 0.15) is 6.04 Å². The molecule has 0 heterocycles. The maximum atomic E-state index is 11.5. The Hall–Kier alpha value is -0.220. The molecular formula is C12H23NO2S. The van der Waals surface area contributed by atoms with Crippen molar-refractivity contribution in [2.75, 3.05) is 12.9 Å². The van der Waals surface area contributed by atoms with E-state index in [-0.39, 0.29) is 12.0 Å². The van der Waals surface area contributed by atoms with E-state index in [9.17, 15) is 4.79 Å². The molecule has 1 aliphatic rings. The molecule has 1 saturated carbocycles. The fraction of sp³-hybridized carbons (Fsp3) is 0.917. The van der Waals surface area contributed by atoms with Crippen molar-refractivity contribution in [2.45, 2.75) is 56.9 Å². The fourth-order valence-corrected chi connectivity index (χ4v) is 3.49. The summed E-state index contributed by atoms with van der Waals surface area (Å²) >= 11 is 2.00. The maximum Gasteiger partial charge on any atom is 0.322 e. The van der Waals surface area contributed by atoms with Crippen LogP contribution >= 0.6 is 11.8 Å². The molecule has 0 radical (unpaired) electrons. The molecule has 0 spiro atoms. The SMILES string of the molecule is CCSC1CCCC1NC(CC)C(=O)OC. The Morgan fingerprint density at radius 2 is 2.25 bits per heavy atom. The van der Waals surface area contributed by atoms with Gasteiger partial charge in [-0.1, -0.05) is 20.3 Å². The average Bonchev–Trinajstić information content (AvgIpc) is 2.73. The topological polar surface area (TPSA) is 38.3 Å². The van der Waals surface area contributed by atoms with Crippen LogP contribution in [0, 0.1) is 0 Å². The molecule has 94 valence electrons. The van der Waals surface area contributed by atoms with Crippen molar-refractivity contribution in [3.63, 3.8) is 0 Å². The highest BCUT2D eigenvalue weighted by Gasteiger charge is 2.30. The van der Waals surface area contributed by atoms with E-state index in [1.54, 1.807) is 0 Å². The summed E-state index contributed by atoms with van der Waals surface area (Å²) in [6.45, 7) is 4.21. The minimum Gasteiger partial charge on any atom is -0.468 e. The first-order valence-electron chi connectivity index (χ1n) is 6.18. The number of esters is 1. The molecule has 3 atom stereocenters. The van der Waals surface area contributed by atoms with Gasteiger partial charge >= 0.3 is 5.97 Å². The van der Waals surface area contributed by atoms with E-state index < -0.39 is 0 Å². The first kappa shape index (κ1) is 13.8. The van der Waals surface area contributed by atoms with E-state index in [1.165, 1.54) is 26.4 Å². The summed E-state index contributed by atoms with van der Waals surface area (Å²) in [5.74, 6) is 1.02. The quantitative estimate of drug-likeness (QED) is 0.728. The molecule has 3 nitrogen and oxygen atoms in total. The number of methoxy groups -OCH3 is 1. The lowest BCUT2D eigenvalue weighted by Crippen LogP contribution is -2.46. The molecule has 1 rings (SSSR count). The Balaban J connectivity index is 2.47. The van der Waals surface area contributed by atoms with E-state index in [1.807, 2.05) is 18.7 Å². The Kier molecular flexibility index (Phi) is 6.21. The fourth-order valence-electron chi connectivity index (χ4n) is 2.28. The number of hydrogen-bond acceptors (Lipinski definition) is 4. The van der Waals surface area contributed by atoms with Gasteiger partial charge in [0.2, 0.25) is 0 Å². The lowest BCUT2D eigenvalue weighted by molar-refractivity contribution is -0.143. The number of rotatable bonds is 6. The summed E-state index contributed by atoms with van der Waals surface area (Å²) in [7, 11) is 1.46. The zero-order chi connectivity index (χ0) is 12.0. The molecule has 0 aromatic carbocycles. The summed E-state index contributed by atoms with van der Waals surface area (Å²) < 4.78 is 4.80. The highest BCUT2D eigenvalue weighted by atomic mass is 32.2. The van der Waals surface area contributed by atoms with Crippen LogP contribution in [0.4, 0.5) is 0 Å². The van der Waals surface area contributed by atoms with Crippen LogP contribution in [0.5, 0.6) is 0 Å². The standard InChI is InChI=1S/C12H23NO2S/c1-4-9(12(14)15-3)13-10-7-6-8-11(10)16-5-2/h9-11,13H,4-8H2,1-3H3. The molecule has 1 N–H and O–H groups in total. The number of hydrogen-bond donors (Lipinski definition) is 1. The molecule has 0 bridgehead atoms. The van der Waals surface area contributed by atoms with Crippen LogP contribution in [0.3, 0.4) is 0 Å². The molecule has 1 aliphatic carbocycles. The number of thioether (sulfide) groups is 1. The van der Waals surface area contributed by atoms with Gasteiger partial charge < -0.3 is 10.1 Å². The summed E-state index contributed by atoms with van der Waals surface area (Å²) in [4.78, 5) is 11.5. The Labute approximate surface area is 103 Å². The summed E-state index contributed by atoms with van der Waals surface area (Å²) in [6.07, 6.45) is 4.53. The normalized spacial score (nSPS) is 26.7. The zero-order valence-corrected chi connectivity index (χ0v) is 11.3. The second-order valence-corrected chi connectivity index (χ2v) is 5.70. The number of ether oxygens (including phenoxy) is 1. The third-order valence-electron chi connectivity index (χ3n) is 3.14. The van der Waals surface area contributed by atoms with Gasteiger partial charge in [-0.05, 0) is 25.0 Å². The van der Waals surface area contributed by atoms with Crippen LogP contribution in [-0.4, -0.2) is 36.2 Å². The average molecular weight is 245 g/mol. The first-order chi connectivity index (χ1) is 7.72. The summed E-state index contributed by atoms with van der Waals surface area (Å²) in [5.41, 5.74) is 0. The van der Waals surface area contributed by atoms with Gasteiger partial charge in [-0.3, -0.25) is 4.79 Å². The lowest BCUT2D eigenvalue weighted by Gasteiger charge is -2.24. The van der Waals surface area contributed by atoms with Gasteiger partial charge in [0.25, 0.3) is 0 Å². The smallest absolute Gasteiger partial charge is 0.322 e.